The molecule has 1 aromatic carbocycles. The van der Waals surface area contributed by atoms with Gasteiger partial charge in [0.15, 0.2) is 11.5 Å². The first kappa shape index (κ1) is 11.2. The lowest BCUT2D eigenvalue weighted by molar-refractivity contribution is -0.137. The second-order valence-electron chi connectivity index (χ2n) is 4.76. The number of hydrogen-bond donors (Lipinski definition) is 2. The van der Waals surface area contributed by atoms with Gasteiger partial charge in [0.05, 0.1) is 6.42 Å². The van der Waals surface area contributed by atoms with Gasteiger partial charge >= 0.3 is 5.97 Å². The smallest absolute Gasteiger partial charge is 0.305 e. The van der Waals surface area contributed by atoms with E-state index in [1.165, 1.54) is 0 Å². The van der Waals surface area contributed by atoms with Crippen LogP contribution in [0.4, 0.5) is 0 Å². The summed E-state index contributed by atoms with van der Waals surface area (Å²) in [5.74, 6) is 0.351. The van der Waals surface area contributed by atoms with Crippen LogP contribution in [0, 0.1) is 0 Å². The van der Waals surface area contributed by atoms with Gasteiger partial charge < -0.3 is 15.3 Å². The van der Waals surface area contributed by atoms with Crippen LogP contribution in [0.5, 0.6) is 0 Å². The van der Waals surface area contributed by atoms with E-state index in [4.69, 9.17) is 15.3 Å². The van der Waals surface area contributed by atoms with Crippen LogP contribution in [0.1, 0.15) is 42.7 Å². The van der Waals surface area contributed by atoms with E-state index >= 15 is 0 Å². The highest BCUT2D eigenvalue weighted by molar-refractivity contribution is 5.74. The number of benzene rings is 1. The van der Waals surface area contributed by atoms with Gasteiger partial charge in [-0.1, -0.05) is 6.07 Å². The molecule has 0 bridgehead atoms. The van der Waals surface area contributed by atoms with Crippen molar-refractivity contribution in [3.63, 3.8) is 0 Å². The molecule has 5 heteroatoms. The molecule has 94 valence electrons. The van der Waals surface area contributed by atoms with Gasteiger partial charge in [0.1, 0.15) is 5.52 Å². The Morgan fingerprint density at radius 3 is 3.00 bits per heavy atom. The number of nitrogens with two attached hydrogens (primary N) is 1. The number of hydrogen-bond acceptors (Lipinski definition) is 4. The maximum absolute atomic E-state index is 10.6. The maximum atomic E-state index is 10.6. The molecule has 1 aliphatic rings. The fourth-order valence-corrected chi connectivity index (χ4v) is 2.00. The molecule has 3 rings (SSSR count). The van der Waals surface area contributed by atoms with Crippen molar-refractivity contribution in [1.29, 1.82) is 0 Å². The lowest BCUT2D eigenvalue weighted by atomic mass is 10.0. The molecule has 0 radical (unpaired) electrons. The zero-order valence-corrected chi connectivity index (χ0v) is 9.80. The van der Waals surface area contributed by atoms with Crippen LogP contribution >= 0.6 is 0 Å². The van der Waals surface area contributed by atoms with Crippen LogP contribution in [-0.4, -0.2) is 16.1 Å². The molecule has 1 aliphatic carbocycles. The van der Waals surface area contributed by atoms with E-state index in [1.54, 1.807) is 6.07 Å². The van der Waals surface area contributed by atoms with E-state index in [2.05, 4.69) is 4.98 Å². The molecule has 0 saturated heterocycles. The van der Waals surface area contributed by atoms with Crippen LogP contribution in [0.2, 0.25) is 0 Å². The molecule has 1 fully saturated rings. The normalized spacial score (nSPS) is 16.9. The highest BCUT2D eigenvalue weighted by Gasteiger charge is 2.29. The lowest BCUT2D eigenvalue weighted by Crippen LogP contribution is -2.14. The summed E-state index contributed by atoms with van der Waals surface area (Å²) < 4.78 is 5.64. The predicted octanol–water partition coefficient (Wildman–Crippen LogP) is 2.18. The van der Waals surface area contributed by atoms with Crippen molar-refractivity contribution >= 4 is 17.1 Å². The summed E-state index contributed by atoms with van der Waals surface area (Å²) in [6.07, 6.45) is 2.19. The standard InChI is InChI=1S/C13H14N2O3/c14-9(6-12(16)17)8-3-4-11-10(5-8)15-13(18-11)7-1-2-7/h3-5,7,9H,1-2,6,14H2,(H,16,17). The SMILES string of the molecule is NC(CC(=O)O)c1ccc2oc(C3CC3)nc2c1. The molecule has 0 aliphatic heterocycles. The van der Waals surface area contributed by atoms with Crippen molar-refractivity contribution in [2.45, 2.75) is 31.2 Å². The van der Waals surface area contributed by atoms with Crippen molar-refractivity contribution < 1.29 is 14.3 Å². The minimum absolute atomic E-state index is 0.0845. The van der Waals surface area contributed by atoms with E-state index in [-0.39, 0.29) is 6.42 Å². The summed E-state index contributed by atoms with van der Waals surface area (Å²) in [4.78, 5) is 15.1. The number of carbonyl (C=O) groups is 1. The quantitative estimate of drug-likeness (QED) is 0.863. The molecule has 5 nitrogen and oxygen atoms in total. The Hall–Kier alpha value is -1.88. The molecule has 2 aromatic rings. The van der Waals surface area contributed by atoms with Crippen molar-refractivity contribution in [2.24, 2.45) is 5.73 Å². The summed E-state index contributed by atoms with van der Waals surface area (Å²) in [6.45, 7) is 0. The largest absolute Gasteiger partial charge is 0.481 e. The van der Waals surface area contributed by atoms with Crippen LogP contribution in [-0.2, 0) is 4.79 Å². The molecule has 3 N–H and O–H groups in total. The molecular formula is C13H14N2O3. The van der Waals surface area contributed by atoms with E-state index in [0.717, 1.165) is 35.4 Å². The van der Waals surface area contributed by atoms with Crippen LogP contribution in [0.25, 0.3) is 11.1 Å². The third kappa shape index (κ3) is 2.09. The summed E-state index contributed by atoms with van der Waals surface area (Å²) in [7, 11) is 0. The first-order valence-corrected chi connectivity index (χ1v) is 6.01. The van der Waals surface area contributed by atoms with Gasteiger partial charge in [0.25, 0.3) is 0 Å². The van der Waals surface area contributed by atoms with Crippen LogP contribution in [0.3, 0.4) is 0 Å². The summed E-state index contributed by atoms with van der Waals surface area (Å²) in [5.41, 5.74) is 8.10. The molecule has 1 unspecified atom stereocenters. The summed E-state index contributed by atoms with van der Waals surface area (Å²) in [5, 5.41) is 8.73. The minimum atomic E-state index is -0.901. The predicted molar refractivity (Wildman–Crippen MR) is 65.2 cm³/mol. The topological polar surface area (TPSA) is 89.4 Å². The second-order valence-corrected chi connectivity index (χ2v) is 4.76. The van der Waals surface area contributed by atoms with Gasteiger partial charge in [-0.25, -0.2) is 4.98 Å². The Bertz CT molecular complexity index is 601. The average molecular weight is 246 g/mol. The Balaban J connectivity index is 1.92. The number of aromatic nitrogens is 1. The lowest BCUT2D eigenvalue weighted by Gasteiger charge is -2.08. The van der Waals surface area contributed by atoms with Gasteiger partial charge in [0.2, 0.25) is 0 Å². The average Bonchev–Trinajstić information content (AvgIpc) is 3.07. The number of aliphatic carboxylic acids is 1. The van der Waals surface area contributed by atoms with Gasteiger partial charge in [-0.2, -0.15) is 0 Å². The van der Waals surface area contributed by atoms with Crippen LogP contribution in [0.15, 0.2) is 22.6 Å². The summed E-state index contributed by atoms with van der Waals surface area (Å²) >= 11 is 0. The molecule has 1 saturated carbocycles. The number of nitrogens with zero attached hydrogens (tertiary/aromatic N) is 1. The molecule has 0 spiro atoms. The fourth-order valence-electron chi connectivity index (χ4n) is 2.00. The highest BCUT2D eigenvalue weighted by atomic mass is 16.4. The maximum Gasteiger partial charge on any atom is 0.305 e. The minimum Gasteiger partial charge on any atom is -0.481 e. The monoisotopic (exact) mass is 246 g/mol. The Morgan fingerprint density at radius 2 is 2.33 bits per heavy atom. The first-order chi connectivity index (χ1) is 8.63. The number of oxazole rings is 1. The van der Waals surface area contributed by atoms with E-state index in [9.17, 15) is 4.79 Å². The Morgan fingerprint density at radius 1 is 1.56 bits per heavy atom. The number of carboxylic acid groups (broad SMARTS) is 1. The van der Waals surface area contributed by atoms with Gasteiger partial charge in [-0.05, 0) is 30.5 Å². The highest BCUT2D eigenvalue weighted by Crippen LogP contribution is 2.40. The molecule has 1 aromatic heterocycles. The van der Waals surface area contributed by atoms with Gasteiger partial charge in [0, 0.05) is 12.0 Å². The van der Waals surface area contributed by atoms with Crippen molar-refractivity contribution in [3.8, 4) is 0 Å². The van der Waals surface area contributed by atoms with Crippen molar-refractivity contribution in [1.82, 2.24) is 4.98 Å². The molecule has 1 atom stereocenters. The fraction of sp³-hybridized carbons (Fsp3) is 0.385. The third-order valence-corrected chi connectivity index (χ3v) is 3.18. The Kier molecular flexibility index (Phi) is 2.56. The molecule has 18 heavy (non-hydrogen) atoms. The number of rotatable bonds is 4. The summed E-state index contributed by atoms with van der Waals surface area (Å²) in [6, 6.07) is 4.93. The van der Waals surface area contributed by atoms with Gasteiger partial charge in [-0.3, -0.25) is 4.79 Å². The second kappa shape index (κ2) is 4.10. The number of fused-ring (bicyclic) bond motifs is 1. The molecular weight excluding hydrogens is 232 g/mol. The van der Waals surface area contributed by atoms with E-state index < -0.39 is 12.0 Å². The van der Waals surface area contributed by atoms with Crippen molar-refractivity contribution in [2.75, 3.05) is 0 Å². The first-order valence-electron chi connectivity index (χ1n) is 6.01. The van der Waals surface area contributed by atoms with E-state index in [1.807, 2.05) is 12.1 Å². The zero-order chi connectivity index (χ0) is 12.7. The Labute approximate surface area is 104 Å². The number of carboxylic acids is 1. The van der Waals surface area contributed by atoms with Gasteiger partial charge in [-0.15, -0.1) is 0 Å². The third-order valence-electron chi connectivity index (χ3n) is 3.18. The van der Waals surface area contributed by atoms with Crippen molar-refractivity contribution in [3.05, 3.63) is 29.7 Å². The van der Waals surface area contributed by atoms with E-state index in [0.29, 0.717) is 5.92 Å². The van der Waals surface area contributed by atoms with Crippen LogP contribution < -0.4 is 5.73 Å². The molecule has 0 amide bonds. The molecule has 1 heterocycles. The zero-order valence-electron chi connectivity index (χ0n) is 9.80.